The third-order valence-electron chi connectivity index (χ3n) is 3.05. The summed E-state index contributed by atoms with van der Waals surface area (Å²) in [5.41, 5.74) is 4.35. The maximum absolute atomic E-state index is 12.7. The zero-order valence-corrected chi connectivity index (χ0v) is 10.1. The Bertz CT molecular complexity index is 470. The number of likely N-dealkylation sites (tertiary alicyclic amines) is 1. The lowest BCUT2D eigenvalue weighted by molar-refractivity contribution is -0.136. The summed E-state index contributed by atoms with van der Waals surface area (Å²) in [4.78, 5) is 13.2. The first kappa shape index (κ1) is 13.7. The van der Waals surface area contributed by atoms with Crippen LogP contribution in [0.25, 0.3) is 0 Å². The molecule has 0 saturated carbocycles. The predicted molar refractivity (Wildman–Crippen MR) is 64.6 cm³/mol. The molecular weight excluding hydrogens is 259 g/mol. The largest absolute Gasteiger partial charge is 0.418 e. The SMILES string of the molecule is NCC1CN(C(=O)Nc2ccccc2C(F)(F)F)C1. The van der Waals surface area contributed by atoms with Gasteiger partial charge >= 0.3 is 12.2 Å². The molecular formula is C12H14F3N3O. The number of nitrogens with two attached hydrogens (primary N) is 1. The van der Waals surface area contributed by atoms with E-state index in [1.165, 1.54) is 23.1 Å². The molecule has 0 radical (unpaired) electrons. The van der Waals surface area contributed by atoms with Crippen LogP contribution in [-0.2, 0) is 6.18 Å². The molecule has 1 fully saturated rings. The Kier molecular flexibility index (Phi) is 3.66. The molecule has 0 atom stereocenters. The van der Waals surface area contributed by atoms with E-state index in [-0.39, 0.29) is 11.6 Å². The van der Waals surface area contributed by atoms with Gasteiger partial charge in [0, 0.05) is 19.0 Å². The predicted octanol–water partition coefficient (Wildman–Crippen LogP) is 2.13. The minimum Gasteiger partial charge on any atom is -0.330 e. The Hall–Kier alpha value is -1.76. The van der Waals surface area contributed by atoms with Crippen LogP contribution in [0.4, 0.5) is 23.7 Å². The van der Waals surface area contributed by atoms with Gasteiger partial charge in [0.2, 0.25) is 0 Å². The monoisotopic (exact) mass is 273 g/mol. The number of hydrogen-bond donors (Lipinski definition) is 2. The highest BCUT2D eigenvalue weighted by Crippen LogP contribution is 2.34. The molecule has 1 heterocycles. The normalized spacial score (nSPS) is 16.1. The van der Waals surface area contributed by atoms with Crippen molar-refractivity contribution in [2.24, 2.45) is 11.7 Å². The Balaban J connectivity index is 2.06. The summed E-state index contributed by atoms with van der Waals surface area (Å²) < 4.78 is 38.2. The second kappa shape index (κ2) is 5.08. The molecule has 104 valence electrons. The number of carbonyl (C=O) groups excluding carboxylic acids is 1. The Morgan fingerprint density at radius 1 is 1.37 bits per heavy atom. The number of benzene rings is 1. The summed E-state index contributed by atoms with van der Waals surface area (Å²) >= 11 is 0. The van der Waals surface area contributed by atoms with Crippen LogP contribution in [0.15, 0.2) is 24.3 Å². The third kappa shape index (κ3) is 2.98. The van der Waals surface area contributed by atoms with Gasteiger partial charge in [-0.15, -0.1) is 0 Å². The first-order chi connectivity index (χ1) is 8.91. The Morgan fingerprint density at radius 3 is 2.58 bits per heavy atom. The highest BCUT2D eigenvalue weighted by atomic mass is 19.4. The number of urea groups is 1. The molecule has 0 bridgehead atoms. The van der Waals surface area contributed by atoms with Crippen LogP contribution in [0, 0.1) is 5.92 Å². The van der Waals surface area contributed by atoms with Gasteiger partial charge in [-0.1, -0.05) is 12.1 Å². The molecule has 0 aliphatic carbocycles. The van der Waals surface area contributed by atoms with Crippen molar-refractivity contribution in [3.63, 3.8) is 0 Å². The molecule has 0 aromatic heterocycles. The van der Waals surface area contributed by atoms with Gasteiger partial charge in [0.05, 0.1) is 11.3 Å². The molecule has 4 nitrogen and oxygen atoms in total. The first-order valence-electron chi connectivity index (χ1n) is 5.84. The molecule has 1 aromatic carbocycles. The molecule has 0 unspecified atom stereocenters. The van der Waals surface area contributed by atoms with Crippen molar-refractivity contribution in [1.82, 2.24) is 4.90 Å². The van der Waals surface area contributed by atoms with Crippen molar-refractivity contribution < 1.29 is 18.0 Å². The molecule has 7 heteroatoms. The lowest BCUT2D eigenvalue weighted by atomic mass is 10.0. The fraction of sp³-hybridized carbons (Fsp3) is 0.417. The van der Waals surface area contributed by atoms with Crippen LogP contribution < -0.4 is 11.1 Å². The van der Waals surface area contributed by atoms with E-state index in [0.717, 1.165) is 6.07 Å². The van der Waals surface area contributed by atoms with Crippen molar-refractivity contribution >= 4 is 11.7 Å². The highest BCUT2D eigenvalue weighted by molar-refractivity contribution is 5.90. The molecule has 0 spiro atoms. The lowest BCUT2D eigenvalue weighted by Crippen LogP contribution is -2.54. The summed E-state index contributed by atoms with van der Waals surface area (Å²) in [6.07, 6.45) is -4.49. The molecule has 3 N–H and O–H groups in total. The van der Waals surface area contributed by atoms with E-state index >= 15 is 0 Å². The van der Waals surface area contributed by atoms with Crippen molar-refractivity contribution in [2.45, 2.75) is 6.18 Å². The van der Waals surface area contributed by atoms with E-state index in [2.05, 4.69) is 5.32 Å². The van der Waals surface area contributed by atoms with Gasteiger partial charge in [0.25, 0.3) is 0 Å². The number of carbonyl (C=O) groups is 1. The lowest BCUT2D eigenvalue weighted by Gasteiger charge is -2.38. The molecule has 1 aliphatic rings. The van der Waals surface area contributed by atoms with Crippen LogP contribution in [0.5, 0.6) is 0 Å². The fourth-order valence-corrected chi connectivity index (χ4v) is 1.92. The Labute approximate surface area is 108 Å². The number of anilines is 1. The van der Waals surface area contributed by atoms with Crippen LogP contribution in [0.2, 0.25) is 0 Å². The average molecular weight is 273 g/mol. The van der Waals surface area contributed by atoms with E-state index in [4.69, 9.17) is 5.73 Å². The van der Waals surface area contributed by atoms with Gasteiger partial charge in [0.1, 0.15) is 0 Å². The second-order valence-corrected chi connectivity index (χ2v) is 4.48. The highest BCUT2D eigenvalue weighted by Gasteiger charge is 2.35. The molecule has 19 heavy (non-hydrogen) atoms. The standard InChI is InChI=1S/C12H14F3N3O/c13-12(14,15)9-3-1-2-4-10(9)17-11(19)18-6-8(5-16)7-18/h1-4,8H,5-7,16H2,(H,17,19). The van der Waals surface area contributed by atoms with Crippen LogP contribution >= 0.6 is 0 Å². The van der Waals surface area contributed by atoms with E-state index in [1.54, 1.807) is 0 Å². The Morgan fingerprint density at radius 2 is 2.00 bits per heavy atom. The average Bonchev–Trinajstić information content (AvgIpc) is 2.26. The maximum Gasteiger partial charge on any atom is 0.418 e. The maximum atomic E-state index is 12.7. The second-order valence-electron chi connectivity index (χ2n) is 4.48. The smallest absolute Gasteiger partial charge is 0.330 e. The van der Waals surface area contributed by atoms with E-state index in [9.17, 15) is 18.0 Å². The summed E-state index contributed by atoms with van der Waals surface area (Å²) in [5.74, 6) is 0.239. The minimum absolute atomic E-state index is 0.226. The van der Waals surface area contributed by atoms with E-state index in [1.807, 2.05) is 0 Å². The van der Waals surface area contributed by atoms with Gasteiger partial charge in [-0.05, 0) is 18.7 Å². The number of para-hydroxylation sites is 1. The van der Waals surface area contributed by atoms with Crippen molar-refractivity contribution in [3.8, 4) is 0 Å². The number of halogens is 3. The quantitative estimate of drug-likeness (QED) is 0.867. The fourth-order valence-electron chi connectivity index (χ4n) is 1.92. The summed E-state index contributed by atoms with van der Waals surface area (Å²) in [6.45, 7) is 1.44. The van der Waals surface area contributed by atoms with Gasteiger partial charge in [-0.3, -0.25) is 0 Å². The third-order valence-corrected chi connectivity index (χ3v) is 3.05. The van der Waals surface area contributed by atoms with E-state index in [0.29, 0.717) is 19.6 Å². The number of nitrogens with zero attached hydrogens (tertiary/aromatic N) is 1. The molecule has 1 aromatic rings. The van der Waals surface area contributed by atoms with Gasteiger partial charge < -0.3 is 16.0 Å². The van der Waals surface area contributed by atoms with Crippen LogP contribution in [0.1, 0.15) is 5.56 Å². The van der Waals surface area contributed by atoms with Gasteiger partial charge in [-0.2, -0.15) is 13.2 Å². The molecule has 2 amide bonds. The van der Waals surface area contributed by atoms with Crippen LogP contribution in [0.3, 0.4) is 0 Å². The van der Waals surface area contributed by atoms with Gasteiger partial charge in [0.15, 0.2) is 0 Å². The zero-order valence-electron chi connectivity index (χ0n) is 10.1. The number of nitrogens with one attached hydrogen (secondary N) is 1. The van der Waals surface area contributed by atoms with Crippen molar-refractivity contribution in [2.75, 3.05) is 25.0 Å². The summed E-state index contributed by atoms with van der Waals surface area (Å²) in [6, 6.07) is 4.38. The number of alkyl halides is 3. The zero-order chi connectivity index (χ0) is 14.0. The van der Waals surface area contributed by atoms with Crippen LogP contribution in [-0.4, -0.2) is 30.6 Å². The molecule has 1 saturated heterocycles. The van der Waals surface area contributed by atoms with Gasteiger partial charge in [-0.25, -0.2) is 4.79 Å². The number of amides is 2. The summed E-state index contributed by atoms with van der Waals surface area (Å²) in [7, 11) is 0. The number of hydrogen-bond acceptors (Lipinski definition) is 2. The molecule has 2 rings (SSSR count). The minimum atomic E-state index is -4.49. The topological polar surface area (TPSA) is 58.4 Å². The van der Waals surface area contributed by atoms with Crippen molar-refractivity contribution in [3.05, 3.63) is 29.8 Å². The van der Waals surface area contributed by atoms with E-state index < -0.39 is 17.8 Å². The van der Waals surface area contributed by atoms with Crippen molar-refractivity contribution in [1.29, 1.82) is 0 Å². The first-order valence-corrected chi connectivity index (χ1v) is 5.84. The molecule has 1 aliphatic heterocycles. The number of rotatable bonds is 2. The summed E-state index contributed by atoms with van der Waals surface area (Å²) in [5, 5.41) is 2.29.